The van der Waals surface area contributed by atoms with Gasteiger partial charge in [-0.25, -0.2) is 0 Å². The van der Waals surface area contributed by atoms with Crippen LogP contribution in [0, 0.1) is 11.3 Å². The highest BCUT2D eigenvalue weighted by Crippen LogP contribution is 2.16. The molecule has 0 unspecified atom stereocenters. The van der Waals surface area contributed by atoms with E-state index in [4.69, 9.17) is 9.81 Å². The maximum Gasteiger partial charge on any atom is 0.294 e. The highest BCUT2D eigenvalue weighted by atomic mass is 32.2. The van der Waals surface area contributed by atoms with Crippen LogP contribution >= 0.6 is 0 Å². The monoisotopic (exact) mass is 425 g/mol. The molecule has 0 bridgehead atoms. The molecule has 0 aliphatic carbocycles. The lowest BCUT2D eigenvalue weighted by molar-refractivity contribution is -0.929. The topological polar surface area (TPSA) is 78.2 Å². The summed E-state index contributed by atoms with van der Waals surface area (Å²) in [5, 5.41) is 8.37. The van der Waals surface area contributed by atoms with Gasteiger partial charge in [-0.3, -0.25) is 4.55 Å². The van der Waals surface area contributed by atoms with Crippen LogP contribution in [0.25, 0.3) is 0 Å². The highest BCUT2D eigenvalue weighted by Gasteiger charge is 2.24. The molecule has 0 spiro atoms. The van der Waals surface area contributed by atoms with Crippen molar-refractivity contribution in [2.24, 2.45) is 0 Å². The fraction of sp³-hybridized carbons (Fsp3) is 0.696. The fourth-order valence-corrected chi connectivity index (χ4v) is 3.83. The SMILES string of the molecule is CCCC[N+](CCCC)(CCCC)CCCC.N#Cc1ccc(S(=O)(=O)O)cc1. The van der Waals surface area contributed by atoms with Crippen molar-refractivity contribution < 1.29 is 17.5 Å². The zero-order valence-electron chi connectivity index (χ0n) is 18.9. The molecule has 1 aromatic rings. The lowest BCUT2D eigenvalue weighted by Gasteiger charge is -2.39. The summed E-state index contributed by atoms with van der Waals surface area (Å²) in [6.07, 6.45) is 11.1. The van der Waals surface area contributed by atoms with Gasteiger partial charge in [-0.2, -0.15) is 13.7 Å². The molecule has 0 atom stereocenters. The van der Waals surface area contributed by atoms with Gasteiger partial charge in [0.25, 0.3) is 10.1 Å². The maximum absolute atomic E-state index is 10.5. The lowest BCUT2D eigenvalue weighted by Crippen LogP contribution is -2.50. The summed E-state index contributed by atoms with van der Waals surface area (Å²) in [6.45, 7) is 15.0. The first-order chi connectivity index (χ1) is 13.8. The summed E-state index contributed by atoms with van der Waals surface area (Å²) < 4.78 is 31.0. The highest BCUT2D eigenvalue weighted by molar-refractivity contribution is 7.85. The van der Waals surface area contributed by atoms with Crippen molar-refractivity contribution in [3.63, 3.8) is 0 Å². The number of hydrogen-bond donors (Lipinski definition) is 1. The normalized spacial score (nSPS) is 11.4. The molecule has 0 fully saturated rings. The Labute approximate surface area is 179 Å². The van der Waals surface area contributed by atoms with E-state index in [2.05, 4.69) is 27.7 Å². The third-order valence-electron chi connectivity index (χ3n) is 5.23. The Hall–Kier alpha value is -1.42. The summed E-state index contributed by atoms with van der Waals surface area (Å²) in [5.74, 6) is 0. The summed E-state index contributed by atoms with van der Waals surface area (Å²) in [6, 6.07) is 6.82. The van der Waals surface area contributed by atoms with E-state index >= 15 is 0 Å². The molecule has 0 radical (unpaired) electrons. The van der Waals surface area contributed by atoms with Gasteiger partial charge in [-0.15, -0.1) is 0 Å². The first kappa shape index (κ1) is 27.6. The van der Waals surface area contributed by atoms with E-state index in [1.807, 2.05) is 6.07 Å². The molecule has 0 aromatic heterocycles. The van der Waals surface area contributed by atoms with E-state index in [-0.39, 0.29) is 4.90 Å². The van der Waals surface area contributed by atoms with Gasteiger partial charge in [0.1, 0.15) is 0 Å². The van der Waals surface area contributed by atoms with Crippen molar-refractivity contribution in [1.82, 2.24) is 0 Å². The first-order valence-corrected chi connectivity index (χ1v) is 12.5. The molecule has 0 aliphatic heterocycles. The van der Waals surface area contributed by atoms with Gasteiger partial charge in [-0.1, -0.05) is 53.4 Å². The van der Waals surface area contributed by atoms with Crippen molar-refractivity contribution in [2.45, 2.75) is 84.0 Å². The minimum Gasteiger partial charge on any atom is -0.324 e. The van der Waals surface area contributed by atoms with E-state index in [0.29, 0.717) is 5.56 Å². The molecular weight excluding hydrogens is 384 g/mol. The predicted molar refractivity (Wildman–Crippen MR) is 120 cm³/mol. The van der Waals surface area contributed by atoms with E-state index in [1.54, 1.807) is 0 Å². The molecule has 0 saturated carbocycles. The standard InChI is InChI=1S/C16H36N.C7H5NO3S/c1-5-9-13-17(14-10-6-2,15-11-7-3)16-12-8-4;8-5-6-1-3-7(4-2-6)12(9,10)11/h5-16H2,1-4H3;1-4H,(H,9,10,11)/q+1;. The number of benzene rings is 1. The van der Waals surface area contributed by atoms with E-state index < -0.39 is 10.1 Å². The van der Waals surface area contributed by atoms with Crippen LogP contribution < -0.4 is 0 Å². The van der Waals surface area contributed by atoms with Crippen molar-refractivity contribution in [1.29, 1.82) is 5.26 Å². The molecule has 6 heteroatoms. The van der Waals surface area contributed by atoms with Gasteiger partial charge in [0, 0.05) is 0 Å². The minimum absolute atomic E-state index is 0.207. The molecule has 29 heavy (non-hydrogen) atoms. The number of nitriles is 1. The average Bonchev–Trinajstić information content (AvgIpc) is 2.72. The largest absolute Gasteiger partial charge is 0.324 e. The van der Waals surface area contributed by atoms with E-state index in [1.165, 1.54) is 106 Å². The Morgan fingerprint density at radius 3 is 1.38 bits per heavy atom. The molecule has 1 N–H and O–H groups in total. The van der Waals surface area contributed by atoms with Gasteiger partial charge in [0.15, 0.2) is 0 Å². The van der Waals surface area contributed by atoms with Gasteiger partial charge < -0.3 is 4.48 Å². The first-order valence-electron chi connectivity index (χ1n) is 11.1. The summed E-state index contributed by atoms with van der Waals surface area (Å²) in [7, 11) is -4.14. The zero-order chi connectivity index (χ0) is 22.2. The number of nitrogens with zero attached hydrogens (tertiary/aromatic N) is 2. The van der Waals surface area contributed by atoms with E-state index in [0.717, 1.165) is 0 Å². The third kappa shape index (κ3) is 12.0. The van der Waals surface area contributed by atoms with Crippen LogP contribution in [-0.2, 0) is 10.1 Å². The second-order valence-corrected chi connectivity index (χ2v) is 9.18. The van der Waals surface area contributed by atoms with E-state index in [9.17, 15) is 8.42 Å². The number of unbranched alkanes of at least 4 members (excludes halogenated alkanes) is 4. The number of hydrogen-bond acceptors (Lipinski definition) is 3. The minimum atomic E-state index is -4.14. The van der Waals surface area contributed by atoms with Crippen molar-refractivity contribution in [3.05, 3.63) is 29.8 Å². The van der Waals surface area contributed by atoms with Gasteiger partial charge in [0.2, 0.25) is 0 Å². The molecule has 1 rings (SSSR count). The molecule has 0 saturated heterocycles. The average molecular weight is 426 g/mol. The molecule has 166 valence electrons. The smallest absolute Gasteiger partial charge is 0.294 e. The summed E-state index contributed by atoms with van der Waals surface area (Å²) >= 11 is 0. The summed E-state index contributed by atoms with van der Waals surface area (Å²) in [5.41, 5.74) is 0.349. The van der Waals surface area contributed by atoms with Crippen LogP contribution in [0.5, 0.6) is 0 Å². The Bertz CT molecular complexity index is 642. The van der Waals surface area contributed by atoms with Gasteiger partial charge in [0.05, 0.1) is 42.7 Å². The van der Waals surface area contributed by atoms with Crippen molar-refractivity contribution >= 4 is 10.1 Å². The van der Waals surface area contributed by atoms with Crippen molar-refractivity contribution in [3.8, 4) is 6.07 Å². The van der Waals surface area contributed by atoms with Gasteiger partial charge >= 0.3 is 0 Å². The summed E-state index contributed by atoms with van der Waals surface area (Å²) in [4.78, 5) is -0.207. The lowest BCUT2D eigenvalue weighted by atomic mass is 10.1. The van der Waals surface area contributed by atoms with Gasteiger partial charge in [-0.05, 0) is 49.9 Å². The Kier molecular flexibility index (Phi) is 14.7. The molecule has 0 heterocycles. The zero-order valence-corrected chi connectivity index (χ0v) is 19.7. The quantitative estimate of drug-likeness (QED) is 0.319. The van der Waals surface area contributed by atoms with Crippen LogP contribution in [0.1, 0.15) is 84.6 Å². The second kappa shape index (κ2) is 15.4. The van der Waals surface area contributed by atoms with Crippen LogP contribution in [0.2, 0.25) is 0 Å². The number of rotatable bonds is 13. The Morgan fingerprint density at radius 1 is 0.793 bits per heavy atom. The number of quaternary nitrogens is 1. The Balaban J connectivity index is 0.000000571. The molecule has 0 amide bonds. The van der Waals surface area contributed by atoms with Crippen molar-refractivity contribution in [2.75, 3.05) is 26.2 Å². The van der Waals surface area contributed by atoms with Crippen LogP contribution in [0.3, 0.4) is 0 Å². The van der Waals surface area contributed by atoms with Crippen LogP contribution in [-0.4, -0.2) is 43.6 Å². The van der Waals surface area contributed by atoms with Crippen LogP contribution in [0.15, 0.2) is 29.2 Å². The van der Waals surface area contributed by atoms with Crippen LogP contribution in [0.4, 0.5) is 0 Å². The second-order valence-electron chi connectivity index (χ2n) is 7.76. The predicted octanol–water partition coefficient (Wildman–Crippen LogP) is 5.81. The third-order valence-corrected chi connectivity index (χ3v) is 6.09. The Morgan fingerprint density at radius 2 is 1.14 bits per heavy atom. The molecule has 0 aliphatic rings. The molecule has 5 nitrogen and oxygen atoms in total. The maximum atomic E-state index is 10.5. The fourth-order valence-electron chi connectivity index (χ4n) is 3.35. The molecular formula is C23H41N2O3S+. The molecule has 1 aromatic carbocycles.